The first-order chi connectivity index (χ1) is 15.0. The van der Waals surface area contributed by atoms with Crippen LogP contribution in [-0.4, -0.2) is 21.8 Å². The number of hydrogen-bond acceptors (Lipinski definition) is 5. The number of rotatable bonds is 3. The van der Waals surface area contributed by atoms with Crippen molar-refractivity contribution in [2.24, 2.45) is 0 Å². The first kappa shape index (κ1) is 19.7. The Bertz CT molecular complexity index is 1350. The zero-order valence-corrected chi connectivity index (χ0v) is 18.4. The number of halogens is 1. The normalized spacial score (nSPS) is 18.1. The highest BCUT2D eigenvalue weighted by Gasteiger charge is 2.48. The average Bonchev–Trinajstić information content (AvgIpc) is 3.32. The number of carbonyl (C=O) groups is 2. The molecule has 1 N–H and O–H groups in total. The molecule has 0 spiro atoms. The van der Waals surface area contributed by atoms with Gasteiger partial charge in [-0.3, -0.25) is 14.5 Å². The van der Waals surface area contributed by atoms with Gasteiger partial charge in [0, 0.05) is 10.0 Å². The molecule has 1 aliphatic rings. The highest BCUT2D eigenvalue weighted by atomic mass is 79.9. The van der Waals surface area contributed by atoms with E-state index in [0.717, 1.165) is 20.3 Å². The topological polar surface area (TPSA) is 70.5 Å². The average molecular weight is 491 g/mol. The molecule has 1 fully saturated rings. The van der Waals surface area contributed by atoms with Gasteiger partial charge in [-0.25, -0.2) is 4.98 Å². The molecule has 152 valence electrons. The highest BCUT2D eigenvalue weighted by molar-refractivity contribution is 9.10. The second-order valence-corrected chi connectivity index (χ2v) is 8.98. The van der Waals surface area contributed by atoms with Gasteiger partial charge in [0.15, 0.2) is 5.13 Å². The molecule has 7 heteroatoms. The quantitative estimate of drug-likeness (QED) is 0.227. The van der Waals surface area contributed by atoms with Crippen molar-refractivity contribution in [3.8, 4) is 0 Å². The SMILES string of the molecule is O=C1C(=O)N(c2nc3cc(Br)ccc3s2)[C@@H](c2ccccc2)C1=C(O)c1ccccc1. The van der Waals surface area contributed by atoms with Crippen molar-refractivity contribution < 1.29 is 14.7 Å². The fourth-order valence-corrected chi connectivity index (χ4v) is 5.05. The molecule has 1 aromatic heterocycles. The Labute approximate surface area is 190 Å². The van der Waals surface area contributed by atoms with Gasteiger partial charge in [0.2, 0.25) is 0 Å². The number of amides is 1. The van der Waals surface area contributed by atoms with E-state index in [0.29, 0.717) is 10.7 Å². The summed E-state index contributed by atoms with van der Waals surface area (Å²) in [5.74, 6) is -1.63. The van der Waals surface area contributed by atoms with Gasteiger partial charge in [-0.1, -0.05) is 87.9 Å². The lowest BCUT2D eigenvalue weighted by molar-refractivity contribution is -0.132. The van der Waals surface area contributed by atoms with E-state index in [1.165, 1.54) is 16.2 Å². The first-order valence-corrected chi connectivity index (χ1v) is 11.1. The van der Waals surface area contributed by atoms with E-state index in [1.807, 2.05) is 54.6 Å². The summed E-state index contributed by atoms with van der Waals surface area (Å²) in [5.41, 5.74) is 1.99. The van der Waals surface area contributed by atoms with E-state index in [2.05, 4.69) is 20.9 Å². The number of Topliss-reactive ketones (excluding diaryl/α,β-unsaturated/α-hetero) is 1. The summed E-state index contributed by atoms with van der Waals surface area (Å²) in [7, 11) is 0. The van der Waals surface area contributed by atoms with Crippen molar-refractivity contribution in [2.45, 2.75) is 6.04 Å². The Morgan fingerprint density at radius 1 is 0.968 bits per heavy atom. The molecule has 4 aromatic rings. The molecular formula is C24H15BrN2O3S. The van der Waals surface area contributed by atoms with Gasteiger partial charge in [0.05, 0.1) is 21.8 Å². The van der Waals surface area contributed by atoms with Gasteiger partial charge < -0.3 is 5.11 Å². The van der Waals surface area contributed by atoms with E-state index in [4.69, 9.17) is 0 Å². The summed E-state index contributed by atoms with van der Waals surface area (Å²) in [6.45, 7) is 0. The lowest BCUT2D eigenvalue weighted by atomic mass is 9.95. The standard InChI is InChI=1S/C24H15BrN2O3S/c25-16-11-12-18-17(13-16)26-24(31-18)27-20(14-7-3-1-4-8-14)19(22(29)23(27)30)21(28)15-9-5-2-6-10-15/h1-13,20,28H/t20-/m0/s1. The number of carbonyl (C=O) groups excluding carboxylic acids is 2. The van der Waals surface area contributed by atoms with Gasteiger partial charge in [0.25, 0.3) is 5.78 Å². The maximum absolute atomic E-state index is 13.2. The van der Waals surface area contributed by atoms with Crippen LogP contribution in [0.4, 0.5) is 5.13 Å². The third kappa shape index (κ3) is 3.36. The maximum Gasteiger partial charge on any atom is 0.301 e. The van der Waals surface area contributed by atoms with Crippen LogP contribution in [0.5, 0.6) is 0 Å². The molecule has 1 saturated heterocycles. The summed E-state index contributed by atoms with van der Waals surface area (Å²) in [4.78, 5) is 32.3. The molecular weight excluding hydrogens is 476 g/mol. The van der Waals surface area contributed by atoms with Gasteiger partial charge in [-0.15, -0.1) is 0 Å². The molecule has 0 radical (unpaired) electrons. The molecule has 3 aromatic carbocycles. The molecule has 1 atom stereocenters. The minimum atomic E-state index is -0.773. The number of anilines is 1. The third-order valence-corrected chi connectivity index (χ3v) is 6.68. The number of ketones is 1. The molecule has 1 amide bonds. The van der Waals surface area contributed by atoms with E-state index in [1.54, 1.807) is 24.3 Å². The lowest BCUT2D eigenvalue weighted by Crippen LogP contribution is -2.29. The van der Waals surface area contributed by atoms with Crippen LogP contribution < -0.4 is 4.90 Å². The van der Waals surface area contributed by atoms with E-state index in [-0.39, 0.29) is 11.3 Å². The molecule has 1 aliphatic heterocycles. The second kappa shape index (κ2) is 7.76. The molecule has 0 unspecified atom stereocenters. The summed E-state index contributed by atoms with van der Waals surface area (Å²) < 4.78 is 1.78. The molecule has 5 rings (SSSR count). The molecule has 31 heavy (non-hydrogen) atoms. The van der Waals surface area contributed by atoms with Crippen LogP contribution in [0.25, 0.3) is 16.0 Å². The summed E-state index contributed by atoms with van der Waals surface area (Å²) in [6.07, 6.45) is 0. The van der Waals surface area contributed by atoms with Crippen LogP contribution in [0, 0.1) is 0 Å². The van der Waals surface area contributed by atoms with E-state index >= 15 is 0 Å². The molecule has 0 bridgehead atoms. The van der Waals surface area contributed by atoms with Gasteiger partial charge in [-0.2, -0.15) is 0 Å². The number of aliphatic hydroxyl groups excluding tert-OH is 1. The molecule has 2 heterocycles. The minimum absolute atomic E-state index is 0.0582. The Kier molecular flexibility index (Phi) is 4.92. The molecule has 0 aliphatic carbocycles. The van der Waals surface area contributed by atoms with Crippen molar-refractivity contribution in [2.75, 3.05) is 4.90 Å². The van der Waals surface area contributed by atoms with Gasteiger partial charge in [-0.05, 0) is 23.8 Å². The largest absolute Gasteiger partial charge is 0.507 e. The van der Waals surface area contributed by atoms with Crippen molar-refractivity contribution in [3.05, 3.63) is 100 Å². The summed E-state index contributed by atoms with van der Waals surface area (Å²) >= 11 is 4.77. The summed E-state index contributed by atoms with van der Waals surface area (Å²) in [6, 6.07) is 22.9. The van der Waals surface area contributed by atoms with Crippen LogP contribution >= 0.6 is 27.3 Å². The second-order valence-electron chi connectivity index (χ2n) is 7.05. The Morgan fingerprint density at radius 2 is 1.65 bits per heavy atom. The zero-order valence-electron chi connectivity index (χ0n) is 16.0. The number of benzene rings is 3. The van der Waals surface area contributed by atoms with Crippen LogP contribution in [0.15, 0.2) is 88.9 Å². The van der Waals surface area contributed by atoms with Crippen LogP contribution in [0.3, 0.4) is 0 Å². The Hall–Kier alpha value is -3.29. The number of thiazole rings is 1. The number of nitrogens with zero attached hydrogens (tertiary/aromatic N) is 2. The fraction of sp³-hybridized carbons (Fsp3) is 0.0417. The Morgan fingerprint density at radius 3 is 2.35 bits per heavy atom. The lowest BCUT2D eigenvalue weighted by Gasteiger charge is -2.22. The predicted octanol–water partition coefficient (Wildman–Crippen LogP) is 5.69. The maximum atomic E-state index is 13.2. The van der Waals surface area contributed by atoms with Crippen molar-refractivity contribution in [1.82, 2.24) is 4.98 Å². The fourth-order valence-electron chi connectivity index (χ4n) is 3.72. The summed E-state index contributed by atoms with van der Waals surface area (Å²) in [5, 5.41) is 11.5. The number of aliphatic hydroxyl groups is 1. The van der Waals surface area contributed by atoms with Crippen molar-refractivity contribution in [1.29, 1.82) is 0 Å². The highest BCUT2D eigenvalue weighted by Crippen LogP contribution is 2.44. The van der Waals surface area contributed by atoms with Gasteiger partial charge >= 0.3 is 5.91 Å². The molecule has 5 nitrogen and oxygen atoms in total. The molecule has 0 saturated carbocycles. The van der Waals surface area contributed by atoms with Crippen molar-refractivity contribution in [3.63, 3.8) is 0 Å². The number of aromatic nitrogens is 1. The van der Waals surface area contributed by atoms with Crippen LogP contribution in [0.1, 0.15) is 17.2 Å². The predicted molar refractivity (Wildman–Crippen MR) is 125 cm³/mol. The first-order valence-electron chi connectivity index (χ1n) is 9.52. The number of hydrogen-bond donors (Lipinski definition) is 1. The minimum Gasteiger partial charge on any atom is -0.507 e. The van der Waals surface area contributed by atoms with Gasteiger partial charge in [0.1, 0.15) is 5.76 Å². The number of fused-ring (bicyclic) bond motifs is 1. The van der Waals surface area contributed by atoms with E-state index in [9.17, 15) is 14.7 Å². The smallest absolute Gasteiger partial charge is 0.301 e. The van der Waals surface area contributed by atoms with Crippen molar-refractivity contribution >= 4 is 60.1 Å². The van der Waals surface area contributed by atoms with Crippen LogP contribution in [-0.2, 0) is 9.59 Å². The zero-order chi connectivity index (χ0) is 21.5. The van der Waals surface area contributed by atoms with Crippen LogP contribution in [0.2, 0.25) is 0 Å². The third-order valence-electron chi connectivity index (χ3n) is 5.15. The Balaban J connectivity index is 1.73. The monoisotopic (exact) mass is 490 g/mol. The van der Waals surface area contributed by atoms with E-state index < -0.39 is 17.7 Å².